The van der Waals surface area contributed by atoms with Gasteiger partial charge in [-0.2, -0.15) is 0 Å². The Bertz CT molecular complexity index is 603. The van der Waals surface area contributed by atoms with Crippen molar-refractivity contribution >= 4 is 31.1 Å². The lowest BCUT2D eigenvalue weighted by Gasteiger charge is -2.26. The standard InChI is InChI=1S/C16H30N3O7P/c1-9(2)8-13(16(23)24)19-14(21)10(3)17-15(22)12(18-11(4)20)6-7-27(5,25)26/h9-10,12-13H,6-8H2,1-5H3,(H,17,22)(H,18,20)(H,19,21)(H,23,24)(H,25,26)/p-2/t10-,12-,13-/m0/s1. The molecule has 0 aliphatic heterocycles. The summed E-state index contributed by atoms with van der Waals surface area (Å²) in [5.74, 6) is -3.43. The van der Waals surface area contributed by atoms with Crippen LogP contribution in [0.4, 0.5) is 0 Å². The maximum absolute atomic E-state index is 12.3. The van der Waals surface area contributed by atoms with Crippen molar-refractivity contribution < 1.29 is 33.7 Å². The molecule has 0 aliphatic carbocycles. The normalized spacial score (nSPS) is 16.6. The highest BCUT2D eigenvalue weighted by atomic mass is 31.2. The molecule has 0 heterocycles. The average molecular weight is 405 g/mol. The van der Waals surface area contributed by atoms with Crippen molar-refractivity contribution in [3.8, 4) is 0 Å². The molecule has 0 fully saturated rings. The van der Waals surface area contributed by atoms with E-state index in [0.29, 0.717) is 0 Å². The molecule has 0 spiro atoms. The van der Waals surface area contributed by atoms with Crippen LogP contribution in [-0.2, 0) is 23.7 Å². The third-order valence-electron chi connectivity index (χ3n) is 3.58. The molecule has 27 heavy (non-hydrogen) atoms. The van der Waals surface area contributed by atoms with Gasteiger partial charge < -0.3 is 35.3 Å². The molecule has 0 aromatic carbocycles. The van der Waals surface area contributed by atoms with Gasteiger partial charge in [0.25, 0.3) is 0 Å². The molecule has 4 atom stereocenters. The van der Waals surface area contributed by atoms with Gasteiger partial charge in [-0.1, -0.05) is 13.8 Å². The minimum Gasteiger partial charge on any atom is -0.799 e. The van der Waals surface area contributed by atoms with Gasteiger partial charge >= 0.3 is 0 Å². The Morgan fingerprint density at radius 3 is 1.93 bits per heavy atom. The molecule has 156 valence electrons. The number of carbonyl (C=O) groups excluding carboxylic acids is 4. The number of carbonyl (C=O) groups is 4. The van der Waals surface area contributed by atoms with Gasteiger partial charge in [-0.25, -0.2) is 0 Å². The zero-order valence-corrected chi connectivity index (χ0v) is 17.1. The Balaban J connectivity index is 4.93. The monoisotopic (exact) mass is 405 g/mol. The van der Waals surface area contributed by atoms with Crippen molar-refractivity contribution in [1.29, 1.82) is 0 Å². The van der Waals surface area contributed by atoms with E-state index in [1.165, 1.54) is 13.8 Å². The number of hydrogen-bond donors (Lipinski definition) is 3. The molecule has 11 heteroatoms. The summed E-state index contributed by atoms with van der Waals surface area (Å²) in [6, 6.07) is -3.43. The maximum Gasteiger partial charge on any atom is 0.243 e. The Labute approximate surface area is 158 Å². The van der Waals surface area contributed by atoms with Crippen LogP contribution in [0.25, 0.3) is 0 Å². The number of nitrogens with one attached hydrogen (secondary N) is 3. The molecule has 10 nitrogen and oxygen atoms in total. The fourth-order valence-electron chi connectivity index (χ4n) is 2.24. The lowest BCUT2D eigenvalue weighted by molar-refractivity contribution is -0.308. The Hall–Kier alpha value is -1.93. The number of rotatable bonds is 11. The quantitative estimate of drug-likeness (QED) is 0.332. The molecule has 0 aromatic rings. The first-order valence-electron chi connectivity index (χ1n) is 8.59. The molecule has 0 rings (SSSR count). The highest BCUT2D eigenvalue weighted by Crippen LogP contribution is 2.30. The topological polar surface area (TPSA) is 168 Å². The zero-order chi connectivity index (χ0) is 21.4. The zero-order valence-electron chi connectivity index (χ0n) is 16.2. The number of carboxylic acid groups (broad SMARTS) is 1. The van der Waals surface area contributed by atoms with Crippen LogP contribution in [0.15, 0.2) is 0 Å². The Morgan fingerprint density at radius 1 is 0.963 bits per heavy atom. The predicted octanol–water partition coefficient (Wildman–Crippen LogP) is -2.07. The second kappa shape index (κ2) is 11.0. The second-order valence-corrected chi connectivity index (χ2v) is 9.49. The van der Waals surface area contributed by atoms with E-state index >= 15 is 0 Å². The van der Waals surface area contributed by atoms with Gasteiger partial charge in [0.2, 0.25) is 17.7 Å². The number of aliphatic carboxylic acids is 1. The van der Waals surface area contributed by atoms with Crippen LogP contribution in [0.1, 0.15) is 40.5 Å². The first kappa shape index (κ1) is 25.1. The number of amides is 3. The summed E-state index contributed by atoms with van der Waals surface area (Å²) in [5, 5.41) is 18.1. The number of hydrogen-bond acceptors (Lipinski definition) is 7. The first-order chi connectivity index (χ1) is 12.2. The van der Waals surface area contributed by atoms with Gasteiger partial charge in [0.1, 0.15) is 12.1 Å². The molecular formula is C16H28N3O7P-2. The van der Waals surface area contributed by atoms with E-state index in [0.717, 1.165) is 6.66 Å². The van der Waals surface area contributed by atoms with E-state index in [9.17, 15) is 33.7 Å². The van der Waals surface area contributed by atoms with Crippen LogP contribution >= 0.6 is 7.37 Å². The molecule has 0 saturated carbocycles. The Morgan fingerprint density at radius 2 is 1.52 bits per heavy atom. The van der Waals surface area contributed by atoms with E-state index in [4.69, 9.17) is 0 Å². The van der Waals surface area contributed by atoms with Crippen LogP contribution < -0.4 is 26.0 Å². The third kappa shape index (κ3) is 11.4. The van der Waals surface area contributed by atoms with Crippen LogP contribution in [0, 0.1) is 5.92 Å². The lowest BCUT2D eigenvalue weighted by Crippen LogP contribution is -2.56. The third-order valence-corrected chi connectivity index (χ3v) is 4.65. The fraction of sp³-hybridized carbons (Fsp3) is 0.750. The first-order valence-corrected chi connectivity index (χ1v) is 10.8. The summed E-state index contributed by atoms with van der Waals surface area (Å²) in [6.07, 6.45) is -0.280. The molecule has 3 amide bonds. The molecular weight excluding hydrogens is 377 g/mol. The fourth-order valence-corrected chi connectivity index (χ4v) is 2.97. The summed E-state index contributed by atoms with van der Waals surface area (Å²) in [6.45, 7) is 7.12. The van der Waals surface area contributed by atoms with Crippen LogP contribution in [0.2, 0.25) is 0 Å². The van der Waals surface area contributed by atoms with Gasteiger partial charge in [-0.15, -0.1) is 0 Å². The van der Waals surface area contributed by atoms with E-state index in [1.807, 2.05) is 0 Å². The molecule has 0 aromatic heterocycles. The van der Waals surface area contributed by atoms with Gasteiger partial charge in [0.15, 0.2) is 0 Å². The van der Waals surface area contributed by atoms with Gasteiger partial charge in [0, 0.05) is 14.3 Å². The molecule has 0 radical (unpaired) electrons. The SMILES string of the molecule is CC(=O)N[C@@H](CCP(C)(=O)[O-])C(=O)N[C@@H](C)C(=O)N[C@@H](CC(C)C)C(=O)[O-]. The van der Waals surface area contributed by atoms with Gasteiger partial charge in [0.05, 0.1) is 12.0 Å². The largest absolute Gasteiger partial charge is 0.799 e. The second-order valence-electron chi connectivity index (χ2n) is 7.02. The predicted molar refractivity (Wildman–Crippen MR) is 94.6 cm³/mol. The molecule has 1 unspecified atom stereocenters. The van der Waals surface area contributed by atoms with Gasteiger partial charge in [-0.3, -0.25) is 14.4 Å². The maximum atomic E-state index is 12.3. The van der Waals surface area contributed by atoms with E-state index in [-0.39, 0.29) is 24.9 Å². The van der Waals surface area contributed by atoms with Crippen molar-refractivity contribution in [3.63, 3.8) is 0 Å². The highest BCUT2D eigenvalue weighted by Gasteiger charge is 2.25. The Kier molecular flexibility index (Phi) is 10.2. The van der Waals surface area contributed by atoms with Crippen molar-refractivity contribution in [2.45, 2.75) is 58.7 Å². The van der Waals surface area contributed by atoms with E-state index in [1.54, 1.807) is 13.8 Å². The minimum absolute atomic E-state index is 0.000861. The molecule has 3 N–H and O–H groups in total. The van der Waals surface area contributed by atoms with Crippen molar-refractivity contribution in [2.24, 2.45) is 5.92 Å². The van der Waals surface area contributed by atoms with Crippen molar-refractivity contribution in [1.82, 2.24) is 16.0 Å². The molecule has 0 aliphatic rings. The van der Waals surface area contributed by atoms with E-state index < -0.39 is 49.2 Å². The van der Waals surface area contributed by atoms with Crippen LogP contribution in [-0.4, -0.2) is 54.6 Å². The summed E-state index contributed by atoms with van der Waals surface area (Å²) in [7, 11) is -3.63. The van der Waals surface area contributed by atoms with Crippen LogP contribution in [0.5, 0.6) is 0 Å². The number of carboxylic acids is 1. The lowest BCUT2D eigenvalue weighted by atomic mass is 10.0. The molecule has 0 saturated heterocycles. The minimum atomic E-state index is -3.63. The average Bonchev–Trinajstić information content (AvgIpc) is 2.48. The van der Waals surface area contributed by atoms with Crippen molar-refractivity contribution in [2.75, 3.05) is 12.8 Å². The van der Waals surface area contributed by atoms with Gasteiger partial charge in [-0.05, 0) is 38.5 Å². The molecule has 0 bridgehead atoms. The summed E-state index contributed by atoms with van der Waals surface area (Å²) in [4.78, 5) is 58.1. The van der Waals surface area contributed by atoms with Crippen LogP contribution in [0.3, 0.4) is 0 Å². The smallest absolute Gasteiger partial charge is 0.243 e. The van der Waals surface area contributed by atoms with Crippen molar-refractivity contribution in [3.05, 3.63) is 0 Å². The summed E-state index contributed by atoms with van der Waals surface area (Å²) in [5.41, 5.74) is 0. The van der Waals surface area contributed by atoms with E-state index in [2.05, 4.69) is 16.0 Å². The summed E-state index contributed by atoms with van der Waals surface area (Å²) < 4.78 is 11.3. The summed E-state index contributed by atoms with van der Waals surface area (Å²) >= 11 is 0. The highest BCUT2D eigenvalue weighted by molar-refractivity contribution is 7.55.